The fourth-order valence-electron chi connectivity index (χ4n) is 3.33. The largest absolute Gasteiger partial charge is 0.481 e. The smallest absolute Gasteiger partial charge is 0.276 e. The second kappa shape index (κ2) is 7.99. The van der Waals surface area contributed by atoms with E-state index in [9.17, 15) is 15.0 Å². The highest BCUT2D eigenvalue weighted by atomic mass is 16.6. The van der Waals surface area contributed by atoms with E-state index >= 15 is 0 Å². The number of hydrogen-bond acceptors (Lipinski definition) is 5. The Bertz CT molecular complexity index is 546. The Labute approximate surface area is 145 Å². The van der Waals surface area contributed by atoms with E-state index in [-0.39, 0.29) is 18.1 Å². The number of carbonyl (C=O) groups excluding carboxylic acids is 1. The first-order valence-corrected chi connectivity index (χ1v) is 8.26. The predicted molar refractivity (Wildman–Crippen MR) is 95.7 cm³/mol. The SMILES string of the molecule is C=C(/C(C)=C\C=C(/O)OC)C1(CCN(C)C)CC(=O)CCC1(C)O. The van der Waals surface area contributed by atoms with Crippen LogP contribution in [0.15, 0.2) is 35.8 Å². The number of nitrogens with zero attached hydrogens (tertiary/aromatic N) is 1. The molecule has 0 aliphatic heterocycles. The van der Waals surface area contributed by atoms with Gasteiger partial charge in [-0.3, -0.25) is 4.79 Å². The van der Waals surface area contributed by atoms with E-state index in [4.69, 9.17) is 4.74 Å². The van der Waals surface area contributed by atoms with Crippen molar-refractivity contribution in [1.29, 1.82) is 0 Å². The molecule has 2 N–H and O–H groups in total. The van der Waals surface area contributed by atoms with Crippen LogP contribution in [0, 0.1) is 5.41 Å². The van der Waals surface area contributed by atoms with Crippen molar-refractivity contribution in [3.63, 3.8) is 0 Å². The maximum Gasteiger partial charge on any atom is 0.276 e. The zero-order valence-corrected chi connectivity index (χ0v) is 15.6. The molecule has 0 aromatic heterocycles. The van der Waals surface area contributed by atoms with Crippen LogP contribution in [0.5, 0.6) is 0 Å². The molecule has 1 rings (SSSR count). The van der Waals surface area contributed by atoms with Gasteiger partial charge in [0.2, 0.25) is 0 Å². The Kier molecular flexibility index (Phi) is 6.81. The van der Waals surface area contributed by atoms with E-state index in [1.165, 1.54) is 13.2 Å². The van der Waals surface area contributed by atoms with Crippen LogP contribution in [-0.4, -0.2) is 54.2 Å². The Balaban J connectivity index is 3.26. The standard InChI is InChI=1S/C19H31NO4/c1-14(7-8-17(22)24-6)15(2)19(11-12-20(4)5)13-16(21)9-10-18(19,3)23/h7-8,22-23H,2,9-13H2,1,3-6H3/b14-7-,17-8+. The van der Waals surface area contributed by atoms with E-state index in [1.807, 2.05) is 25.9 Å². The first-order chi connectivity index (χ1) is 11.1. The van der Waals surface area contributed by atoms with E-state index < -0.39 is 11.0 Å². The molecule has 0 amide bonds. The number of methoxy groups -OCH3 is 1. The van der Waals surface area contributed by atoms with Gasteiger partial charge in [-0.15, -0.1) is 0 Å². The lowest BCUT2D eigenvalue weighted by Crippen LogP contribution is -2.53. The predicted octanol–water partition coefficient (Wildman–Crippen LogP) is 2.98. The number of hydrogen-bond donors (Lipinski definition) is 2. The van der Waals surface area contributed by atoms with E-state index in [0.717, 1.165) is 17.7 Å². The highest BCUT2D eigenvalue weighted by Crippen LogP contribution is 2.52. The third kappa shape index (κ3) is 4.48. The van der Waals surface area contributed by atoms with Crippen LogP contribution < -0.4 is 0 Å². The Hall–Kier alpha value is -1.59. The molecule has 0 heterocycles. The van der Waals surface area contributed by atoms with Gasteiger partial charge in [0.1, 0.15) is 5.78 Å². The van der Waals surface area contributed by atoms with Gasteiger partial charge in [-0.2, -0.15) is 0 Å². The van der Waals surface area contributed by atoms with Gasteiger partial charge in [0.15, 0.2) is 0 Å². The molecule has 0 saturated heterocycles. The topological polar surface area (TPSA) is 70.0 Å². The minimum Gasteiger partial charge on any atom is -0.481 e. The number of aliphatic hydroxyl groups excluding tert-OH is 1. The number of aliphatic hydroxyl groups is 2. The molecule has 2 atom stereocenters. The van der Waals surface area contributed by atoms with Crippen LogP contribution in [-0.2, 0) is 9.53 Å². The lowest BCUT2D eigenvalue weighted by atomic mass is 9.57. The number of allylic oxidation sites excluding steroid dienone is 3. The van der Waals surface area contributed by atoms with Gasteiger partial charge in [-0.1, -0.05) is 12.7 Å². The highest BCUT2D eigenvalue weighted by Gasteiger charge is 2.52. The molecule has 24 heavy (non-hydrogen) atoms. The molecule has 0 spiro atoms. The van der Waals surface area contributed by atoms with Crippen molar-refractivity contribution in [2.45, 2.75) is 45.1 Å². The first kappa shape index (κ1) is 20.5. The van der Waals surface area contributed by atoms with Gasteiger partial charge in [0.25, 0.3) is 5.95 Å². The number of ether oxygens (including phenoxy) is 1. The average molecular weight is 337 g/mol. The van der Waals surface area contributed by atoms with Gasteiger partial charge < -0.3 is 19.8 Å². The third-order valence-corrected chi connectivity index (χ3v) is 5.15. The fraction of sp³-hybridized carbons (Fsp3) is 0.632. The molecule has 5 heteroatoms. The first-order valence-electron chi connectivity index (χ1n) is 8.26. The second-order valence-electron chi connectivity index (χ2n) is 7.16. The summed E-state index contributed by atoms with van der Waals surface area (Å²) < 4.78 is 4.72. The summed E-state index contributed by atoms with van der Waals surface area (Å²) in [6.45, 7) is 8.63. The molecular weight excluding hydrogens is 306 g/mol. The summed E-state index contributed by atoms with van der Waals surface area (Å²) in [7, 11) is 5.32. The van der Waals surface area contributed by atoms with Crippen LogP contribution in [0.3, 0.4) is 0 Å². The van der Waals surface area contributed by atoms with E-state index in [1.54, 1.807) is 13.0 Å². The molecule has 5 nitrogen and oxygen atoms in total. The van der Waals surface area contributed by atoms with Crippen LogP contribution in [0.4, 0.5) is 0 Å². The third-order valence-electron chi connectivity index (χ3n) is 5.15. The number of Topliss-reactive ketones (excluding diaryl/α,β-unsaturated/α-hetero) is 1. The molecule has 136 valence electrons. The minimum absolute atomic E-state index is 0.157. The Morgan fingerprint density at radius 2 is 2.04 bits per heavy atom. The van der Waals surface area contributed by atoms with Crippen molar-refractivity contribution < 1.29 is 19.7 Å². The lowest BCUT2D eigenvalue weighted by molar-refractivity contribution is -0.138. The fourth-order valence-corrected chi connectivity index (χ4v) is 3.33. The molecule has 1 fully saturated rings. The van der Waals surface area contributed by atoms with Gasteiger partial charge in [-0.25, -0.2) is 0 Å². The van der Waals surface area contributed by atoms with Crippen LogP contribution in [0.2, 0.25) is 0 Å². The Morgan fingerprint density at radius 1 is 1.42 bits per heavy atom. The van der Waals surface area contributed by atoms with Crippen molar-refractivity contribution in [3.8, 4) is 0 Å². The van der Waals surface area contributed by atoms with Crippen LogP contribution in [0.1, 0.15) is 39.5 Å². The summed E-state index contributed by atoms with van der Waals surface area (Å²) in [5, 5.41) is 20.5. The summed E-state index contributed by atoms with van der Waals surface area (Å²) in [5.41, 5.74) is -0.158. The van der Waals surface area contributed by atoms with Crippen LogP contribution in [0.25, 0.3) is 0 Å². The summed E-state index contributed by atoms with van der Waals surface area (Å²) in [4.78, 5) is 14.2. The lowest BCUT2D eigenvalue weighted by Gasteiger charge is -2.50. The zero-order chi connectivity index (χ0) is 18.5. The summed E-state index contributed by atoms with van der Waals surface area (Å²) in [6.07, 6.45) is 4.91. The Morgan fingerprint density at radius 3 is 2.58 bits per heavy atom. The highest BCUT2D eigenvalue weighted by molar-refractivity contribution is 5.81. The number of rotatable bonds is 7. The van der Waals surface area contributed by atoms with E-state index in [2.05, 4.69) is 6.58 Å². The van der Waals surface area contributed by atoms with Crippen molar-refractivity contribution in [2.75, 3.05) is 27.7 Å². The maximum absolute atomic E-state index is 12.2. The molecule has 0 aromatic carbocycles. The molecule has 1 aliphatic carbocycles. The van der Waals surface area contributed by atoms with E-state index in [0.29, 0.717) is 19.3 Å². The summed E-state index contributed by atoms with van der Waals surface area (Å²) in [6, 6.07) is 0. The zero-order valence-electron chi connectivity index (χ0n) is 15.6. The summed E-state index contributed by atoms with van der Waals surface area (Å²) in [5.74, 6) is -0.0412. The van der Waals surface area contributed by atoms with Gasteiger partial charge in [-0.05, 0) is 58.5 Å². The molecule has 0 bridgehead atoms. The number of carbonyl (C=O) groups is 1. The second-order valence-corrected chi connectivity index (χ2v) is 7.16. The van der Waals surface area contributed by atoms with Crippen molar-refractivity contribution >= 4 is 5.78 Å². The minimum atomic E-state index is -1.00. The molecule has 0 aromatic rings. The van der Waals surface area contributed by atoms with Crippen LogP contribution >= 0.6 is 0 Å². The molecule has 2 unspecified atom stereocenters. The molecular formula is C19H31NO4. The van der Waals surface area contributed by atoms with Gasteiger partial charge in [0.05, 0.1) is 12.7 Å². The monoisotopic (exact) mass is 337 g/mol. The molecule has 0 radical (unpaired) electrons. The average Bonchev–Trinajstić information content (AvgIpc) is 2.52. The maximum atomic E-state index is 12.2. The summed E-state index contributed by atoms with van der Waals surface area (Å²) >= 11 is 0. The quantitative estimate of drug-likeness (QED) is 0.552. The van der Waals surface area contributed by atoms with Crippen molar-refractivity contribution in [2.24, 2.45) is 5.41 Å². The number of ketones is 1. The molecule has 1 saturated carbocycles. The normalized spacial score (nSPS) is 29.0. The van der Waals surface area contributed by atoms with Crippen molar-refractivity contribution in [1.82, 2.24) is 4.90 Å². The van der Waals surface area contributed by atoms with Crippen molar-refractivity contribution in [3.05, 3.63) is 35.8 Å². The van der Waals surface area contributed by atoms with Gasteiger partial charge >= 0.3 is 0 Å². The molecule has 1 aliphatic rings. The van der Waals surface area contributed by atoms with Gasteiger partial charge in [0, 0.05) is 24.3 Å².